The van der Waals surface area contributed by atoms with Gasteiger partial charge in [-0.1, -0.05) is 42.5 Å². The standard InChI is InChI=1S/C21H18N2O2S2/c24-27(25,17-12-11-15-6-1-2-7-16(15)14-17)23-13-5-9-19(23)21-22-18-8-3-4-10-20(18)26-21/h1-4,6-8,10-12,14,19H,5,9,13H2/t19-/m0/s1. The largest absolute Gasteiger partial charge is 0.243 e. The van der Waals surface area contributed by atoms with Crippen LogP contribution >= 0.6 is 11.3 Å². The van der Waals surface area contributed by atoms with E-state index in [1.54, 1.807) is 27.8 Å². The normalized spacial score (nSPS) is 18.4. The van der Waals surface area contributed by atoms with Gasteiger partial charge in [0.15, 0.2) is 0 Å². The number of para-hydroxylation sites is 1. The van der Waals surface area contributed by atoms with Crippen LogP contribution in [0.4, 0.5) is 0 Å². The van der Waals surface area contributed by atoms with Crippen molar-refractivity contribution < 1.29 is 8.42 Å². The van der Waals surface area contributed by atoms with Crippen molar-refractivity contribution in [1.82, 2.24) is 9.29 Å². The molecule has 1 fully saturated rings. The molecule has 1 aliphatic heterocycles. The summed E-state index contributed by atoms with van der Waals surface area (Å²) in [7, 11) is -3.56. The number of sulfonamides is 1. The lowest BCUT2D eigenvalue weighted by Gasteiger charge is -2.22. The zero-order valence-corrected chi connectivity index (χ0v) is 16.2. The van der Waals surface area contributed by atoms with Crippen molar-refractivity contribution in [2.45, 2.75) is 23.8 Å². The van der Waals surface area contributed by atoms with E-state index in [4.69, 9.17) is 4.98 Å². The molecule has 1 atom stereocenters. The van der Waals surface area contributed by atoms with Gasteiger partial charge in [0.05, 0.1) is 21.2 Å². The van der Waals surface area contributed by atoms with Crippen LogP contribution in [0.2, 0.25) is 0 Å². The van der Waals surface area contributed by atoms with E-state index in [2.05, 4.69) is 0 Å². The second-order valence-corrected chi connectivity index (χ2v) is 9.76. The lowest BCUT2D eigenvalue weighted by atomic mass is 10.1. The van der Waals surface area contributed by atoms with E-state index in [9.17, 15) is 8.42 Å². The van der Waals surface area contributed by atoms with Crippen molar-refractivity contribution in [2.75, 3.05) is 6.54 Å². The van der Waals surface area contributed by atoms with Crippen LogP contribution in [0.1, 0.15) is 23.9 Å². The molecule has 2 heterocycles. The Balaban J connectivity index is 1.56. The zero-order chi connectivity index (χ0) is 18.4. The van der Waals surface area contributed by atoms with E-state index in [1.165, 1.54) is 0 Å². The summed E-state index contributed by atoms with van der Waals surface area (Å²) < 4.78 is 29.5. The quantitative estimate of drug-likeness (QED) is 0.493. The molecule has 1 aromatic heterocycles. The molecule has 6 heteroatoms. The van der Waals surface area contributed by atoms with Gasteiger partial charge in [0.2, 0.25) is 10.0 Å². The van der Waals surface area contributed by atoms with Crippen LogP contribution in [0.3, 0.4) is 0 Å². The van der Waals surface area contributed by atoms with Crippen molar-refractivity contribution in [2.24, 2.45) is 0 Å². The Morgan fingerprint density at radius 1 is 0.963 bits per heavy atom. The summed E-state index contributed by atoms with van der Waals surface area (Å²) in [6, 6.07) is 21.0. The molecule has 0 amide bonds. The lowest BCUT2D eigenvalue weighted by molar-refractivity contribution is 0.396. The summed E-state index contributed by atoms with van der Waals surface area (Å²) >= 11 is 1.59. The van der Waals surface area contributed by atoms with Gasteiger partial charge in [0.1, 0.15) is 5.01 Å². The first-order chi connectivity index (χ1) is 13.1. The third kappa shape index (κ3) is 2.84. The van der Waals surface area contributed by atoms with Gasteiger partial charge in [-0.25, -0.2) is 13.4 Å². The fourth-order valence-corrected chi connectivity index (χ4v) is 6.65. The average molecular weight is 395 g/mol. The van der Waals surface area contributed by atoms with Gasteiger partial charge < -0.3 is 0 Å². The highest BCUT2D eigenvalue weighted by molar-refractivity contribution is 7.89. The number of rotatable bonds is 3. The van der Waals surface area contributed by atoms with Gasteiger partial charge in [-0.3, -0.25) is 0 Å². The molecule has 0 bridgehead atoms. The molecule has 4 nitrogen and oxygen atoms in total. The van der Waals surface area contributed by atoms with Gasteiger partial charge in [0.25, 0.3) is 0 Å². The third-order valence-corrected chi connectivity index (χ3v) is 8.17. The molecule has 0 aliphatic carbocycles. The number of fused-ring (bicyclic) bond motifs is 2. The summed E-state index contributed by atoms with van der Waals surface area (Å²) in [5.74, 6) is 0. The van der Waals surface area contributed by atoms with E-state index >= 15 is 0 Å². The zero-order valence-electron chi connectivity index (χ0n) is 14.6. The van der Waals surface area contributed by atoms with Crippen LogP contribution in [0, 0.1) is 0 Å². The van der Waals surface area contributed by atoms with Crippen molar-refractivity contribution in [3.8, 4) is 0 Å². The molecule has 27 heavy (non-hydrogen) atoms. The van der Waals surface area contributed by atoms with E-state index in [0.717, 1.165) is 38.8 Å². The lowest BCUT2D eigenvalue weighted by Crippen LogP contribution is -2.30. The highest BCUT2D eigenvalue weighted by Gasteiger charge is 2.37. The van der Waals surface area contributed by atoms with Gasteiger partial charge in [0, 0.05) is 6.54 Å². The highest BCUT2D eigenvalue weighted by atomic mass is 32.2. The Morgan fingerprint density at radius 2 is 1.74 bits per heavy atom. The number of thiazole rings is 1. The Kier molecular flexibility index (Phi) is 4.00. The predicted molar refractivity (Wildman–Crippen MR) is 109 cm³/mol. The molecular weight excluding hydrogens is 376 g/mol. The minimum Gasteiger partial charge on any atom is -0.239 e. The van der Waals surface area contributed by atoms with Crippen molar-refractivity contribution in [3.05, 3.63) is 71.7 Å². The number of benzene rings is 3. The van der Waals surface area contributed by atoms with E-state index in [-0.39, 0.29) is 6.04 Å². The first-order valence-electron chi connectivity index (χ1n) is 8.99. The van der Waals surface area contributed by atoms with Crippen molar-refractivity contribution in [1.29, 1.82) is 0 Å². The Morgan fingerprint density at radius 3 is 2.59 bits per heavy atom. The minimum absolute atomic E-state index is 0.182. The molecular formula is C21H18N2O2S2. The molecule has 4 aromatic rings. The molecule has 1 aliphatic rings. The SMILES string of the molecule is O=S(=O)(c1ccc2ccccc2c1)N1CCC[C@H]1c1nc2ccccc2s1. The average Bonchev–Trinajstić information content (AvgIpc) is 3.34. The molecule has 136 valence electrons. The van der Waals surface area contributed by atoms with E-state index in [1.807, 2.05) is 54.6 Å². The highest BCUT2D eigenvalue weighted by Crippen LogP contribution is 2.39. The number of aromatic nitrogens is 1. The fraction of sp³-hybridized carbons (Fsp3) is 0.190. The second kappa shape index (κ2) is 6.41. The number of hydrogen-bond acceptors (Lipinski definition) is 4. The van der Waals surface area contributed by atoms with Gasteiger partial charge in [-0.2, -0.15) is 4.31 Å². The van der Waals surface area contributed by atoms with Gasteiger partial charge in [-0.05, 0) is 47.9 Å². The fourth-order valence-electron chi connectivity index (χ4n) is 3.77. The minimum atomic E-state index is -3.56. The maximum atomic E-state index is 13.4. The summed E-state index contributed by atoms with van der Waals surface area (Å²) in [6.45, 7) is 0.537. The van der Waals surface area contributed by atoms with Gasteiger partial charge >= 0.3 is 0 Å². The maximum absolute atomic E-state index is 13.4. The molecule has 0 spiro atoms. The Bertz CT molecular complexity index is 1210. The monoisotopic (exact) mass is 394 g/mol. The van der Waals surface area contributed by atoms with E-state index < -0.39 is 10.0 Å². The molecule has 0 saturated carbocycles. The van der Waals surface area contributed by atoms with Crippen LogP contribution in [-0.4, -0.2) is 24.3 Å². The smallest absolute Gasteiger partial charge is 0.239 e. The first-order valence-corrected chi connectivity index (χ1v) is 11.2. The number of nitrogens with zero attached hydrogens (tertiary/aromatic N) is 2. The maximum Gasteiger partial charge on any atom is 0.243 e. The first kappa shape index (κ1) is 16.9. The molecule has 5 rings (SSSR count). The van der Waals surface area contributed by atoms with Crippen LogP contribution in [0.5, 0.6) is 0 Å². The Hall–Kier alpha value is -2.28. The molecule has 0 radical (unpaired) electrons. The molecule has 3 aromatic carbocycles. The van der Waals surface area contributed by atoms with Crippen LogP contribution in [-0.2, 0) is 10.0 Å². The third-order valence-electron chi connectivity index (χ3n) is 5.13. The Labute approximate surface area is 162 Å². The predicted octanol–water partition coefficient (Wildman–Crippen LogP) is 4.98. The molecule has 0 unspecified atom stereocenters. The number of hydrogen-bond donors (Lipinski definition) is 0. The van der Waals surface area contributed by atoms with Crippen LogP contribution in [0.15, 0.2) is 71.6 Å². The van der Waals surface area contributed by atoms with Crippen LogP contribution < -0.4 is 0 Å². The summed E-state index contributed by atoms with van der Waals surface area (Å²) in [5, 5.41) is 2.87. The molecule has 1 saturated heterocycles. The summed E-state index contributed by atoms with van der Waals surface area (Å²) in [5.41, 5.74) is 0.937. The van der Waals surface area contributed by atoms with Gasteiger partial charge in [-0.15, -0.1) is 11.3 Å². The topological polar surface area (TPSA) is 50.3 Å². The summed E-state index contributed by atoms with van der Waals surface area (Å²) in [6.07, 6.45) is 1.67. The molecule has 0 N–H and O–H groups in total. The second-order valence-electron chi connectivity index (χ2n) is 6.80. The van der Waals surface area contributed by atoms with Crippen LogP contribution in [0.25, 0.3) is 21.0 Å². The summed E-state index contributed by atoms with van der Waals surface area (Å²) in [4.78, 5) is 5.07. The van der Waals surface area contributed by atoms with Crippen molar-refractivity contribution in [3.63, 3.8) is 0 Å². The van der Waals surface area contributed by atoms with E-state index in [0.29, 0.717) is 11.4 Å². The van der Waals surface area contributed by atoms with Crippen molar-refractivity contribution >= 4 is 42.3 Å².